The Morgan fingerprint density at radius 3 is 2.69 bits per heavy atom. The molecule has 0 saturated carbocycles. The third-order valence-electron chi connectivity index (χ3n) is 2.67. The lowest BCUT2D eigenvalue weighted by molar-refractivity contribution is 0.411. The molecule has 0 bridgehead atoms. The van der Waals surface area contributed by atoms with E-state index >= 15 is 0 Å². The molecule has 4 heteroatoms. The summed E-state index contributed by atoms with van der Waals surface area (Å²) in [5.74, 6) is 1.24. The maximum Gasteiger partial charge on any atom is 0.0489 e. The lowest BCUT2D eigenvalue weighted by atomic mass is 10.2. The largest absolute Gasteiger partial charge is 0.312 e. The highest BCUT2D eigenvalue weighted by molar-refractivity contribution is 7.98. The number of thioether (sulfide) groups is 1. The Morgan fingerprint density at radius 2 is 2.06 bits per heavy atom. The number of nitrogens with zero attached hydrogens (tertiary/aromatic N) is 2. The normalized spacial score (nSPS) is 14.9. The summed E-state index contributed by atoms with van der Waals surface area (Å²) >= 11 is 1.91. The number of rotatable bonds is 8. The molecular formula is C12H23N3S. The zero-order valence-corrected chi connectivity index (χ0v) is 11.3. The van der Waals surface area contributed by atoms with Crippen molar-refractivity contribution in [3.05, 3.63) is 18.5 Å². The predicted octanol–water partition coefficient (Wildman–Crippen LogP) is 2.39. The first kappa shape index (κ1) is 13.6. The van der Waals surface area contributed by atoms with Gasteiger partial charge < -0.3 is 5.32 Å². The van der Waals surface area contributed by atoms with E-state index in [2.05, 4.69) is 30.5 Å². The highest BCUT2D eigenvalue weighted by Crippen LogP contribution is 2.03. The molecule has 1 aromatic rings. The van der Waals surface area contributed by atoms with Gasteiger partial charge >= 0.3 is 0 Å². The minimum atomic E-state index is 0.557. The molecule has 92 valence electrons. The molecule has 0 saturated heterocycles. The molecule has 2 atom stereocenters. The summed E-state index contributed by atoms with van der Waals surface area (Å²) < 4.78 is 1.99. The van der Waals surface area contributed by atoms with Crippen molar-refractivity contribution in [3.63, 3.8) is 0 Å². The Morgan fingerprint density at radius 1 is 1.31 bits per heavy atom. The predicted molar refractivity (Wildman–Crippen MR) is 71.9 cm³/mol. The van der Waals surface area contributed by atoms with Crippen LogP contribution < -0.4 is 5.32 Å². The van der Waals surface area contributed by atoms with E-state index in [0.29, 0.717) is 12.1 Å². The highest BCUT2D eigenvalue weighted by Gasteiger charge is 2.06. The monoisotopic (exact) mass is 241 g/mol. The van der Waals surface area contributed by atoms with Crippen LogP contribution in [0.15, 0.2) is 18.5 Å². The van der Waals surface area contributed by atoms with Gasteiger partial charge in [0.2, 0.25) is 0 Å². The van der Waals surface area contributed by atoms with Crippen molar-refractivity contribution in [1.82, 2.24) is 15.1 Å². The first-order valence-electron chi connectivity index (χ1n) is 5.94. The Balaban J connectivity index is 2.12. The first-order valence-corrected chi connectivity index (χ1v) is 7.34. The summed E-state index contributed by atoms with van der Waals surface area (Å²) in [7, 11) is 0. The fourth-order valence-electron chi connectivity index (χ4n) is 1.71. The molecule has 3 nitrogen and oxygen atoms in total. The average Bonchev–Trinajstić information content (AvgIpc) is 2.76. The third-order valence-corrected chi connectivity index (χ3v) is 3.32. The number of aromatic nitrogens is 2. The molecule has 0 spiro atoms. The number of hydrogen-bond acceptors (Lipinski definition) is 3. The fourth-order valence-corrected chi connectivity index (χ4v) is 2.29. The quantitative estimate of drug-likeness (QED) is 0.758. The van der Waals surface area contributed by atoms with E-state index in [9.17, 15) is 0 Å². The van der Waals surface area contributed by atoms with E-state index < -0.39 is 0 Å². The van der Waals surface area contributed by atoms with Gasteiger partial charge in [-0.3, -0.25) is 4.68 Å². The molecule has 1 N–H and O–H groups in total. The Hall–Kier alpha value is -0.480. The molecule has 0 fully saturated rings. The Bertz CT molecular complexity index is 261. The molecular weight excluding hydrogens is 218 g/mol. The van der Waals surface area contributed by atoms with Gasteiger partial charge in [0.25, 0.3) is 0 Å². The fraction of sp³-hybridized carbons (Fsp3) is 0.750. The SMILES string of the molecule is CSCCC(C)NC(C)CCn1cccn1. The minimum absolute atomic E-state index is 0.557. The standard InChI is InChI=1S/C12H23N3S/c1-11(14-12(2)6-10-16-3)5-9-15-8-4-7-13-15/h4,7-8,11-12,14H,5-6,9-10H2,1-3H3. The van der Waals surface area contributed by atoms with Gasteiger partial charge in [-0.1, -0.05) is 0 Å². The smallest absolute Gasteiger partial charge is 0.0489 e. The molecule has 0 amide bonds. The van der Waals surface area contributed by atoms with Crippen LogP contribution in [0.25, 0.3) is 0 Å². The molecule has 0 aliphatic rings. The highest BCUT2D eigenvalue weighted by atomic mass is 32.2. The summed E-state index contributed by atoms with van der Waals surface area (Å²) in [6, 6.07) is 3.14. The third kappa shape index (κ3) is 5.56. The zero-order valence-electron chi connectivity index (χ0n) is 10.5. The van der Waals surface area contributed by atoms with Crippen LogP contribution in [0.2, 0.25) is 0 Å². The van der Waals surface area contributed by atoms with Gasteiger partial charge in [-0.2, -0.15) is 16.9 Å². The van der Waals surface area contributed by atoms with E-state index in [-0.39, 0.29) is 0 Å². The summed E-state index contributed by atoms with van der Waals surface area (Å²) in [6.07, 6.45) is 8.38. The van der Waals surface area contributed by atoms with Crippen molar-refractivity contribution >= 4 is 11.8 Å². The van der Waals surface area contributed by atoms with Crippen molar-refractivity contribution in [2.75, 3.05) is 12.0 Å². The average molecular weight is 241 g/mol. The van der Waals surface area contributed by atoms with Gasteiger partial charge in [-0.25, -0.2) is 0 Å². The molecule has 1 aromatic heterocycles. The van der Waals surface area contributed by atoms with Crippen molar-refractivity contribution in [2.24, 2.45) is 0 Å². The van der Waals surface area contributed by atoms with Gasteiger partial charge in [-0.15, -0.1) is 0 Å². The Labute approximate surface area is 103 Å². The summed E-state index contributed by atoms with van der Waals surface area (Å²) in [5, 5.41) is 7.83. The molecule has 0 aliphatic carbocycles. The number of nitrogens with one attached hydrogen (secondary N) is 1. The van der Waals surface area contributed by atoms with Crippen LogP contribution in [0.4, 0.5) is 0 Å². The van der Waals surface area contributed by atoms with E-state index in [1.54, 1.807) is 0 Å². The molecule has 16 heavy (non-hydrogen) atoms. The van der Waals surface area contributed by atoms with Gasteiger partial charge in [0, 0.05) is 31.0 Å². The van der Waals surface area contributed by atoms with Crippen LogP contribution in [-0.2, 0) is 6.54 Å². The number of aryl methyl sites for hydroxylation is 1. The molecule has 0 aliphatic heterocycles. The second-order valence-corrected chi connectivity index (χ2v) is 5.29. The molecule has 0 aromatic carbocycles. The lowest BCUT2D eigenvalue weighted by Gasteiger charge is -2.19. The van der Waals surface area contributed by atoms with Gasteiger partial charge in [0.15, 0.2) is 0 Å². The molecule has 2 unspecified atom stereocenters. The molecule has 1 heterocycles. The van der Waals surface area contributed by atoms with Crippen LogP contribution in [0.5, 0.6) is 0 Å². The maximum absolute atomic E-state index is 4.20. The van der Waals surface area contributed by atoms with Gasteiger partial charge in [0.1, 0.15) is 0 Å². The zero-order chi connectivity index (χ0) is 11.8. The molecule has 1 rings (SSSR count). The van der Waals surface area contributed by atoms with Crippen molar-refractivity contribution in [2.45, 2.75) is 45.3 Å². The van der Waals surface area contributed by atoms with Crippen molar-refractivity contribution in [3.8, 4) is 0 Å². The van der Waals surface area contributed by atoms with Crippen LogP contribution >= 0.6 is 11.8 Å². The van der Waals surface area contributed by atoms with E-state index in [1.807, 2.05) is 34.9 Å². The summed E-state index contributed by atoms with van der Waals surface area (Å²) in [6.45, 7) is 5.51. The van der Waals surface area contributed by atoms with E-state index in [1.165, 1.54) is 12.2 Å². The number of hydrogen-bond donors (Lipinski definition) is 1. The molecule has 0 radical (unpaired) electrons. The van der Waals surface area contributed by atoms with Crippen molar-refractivity contribution in [1.29, 1.82) is 0 Å². The second kappa shape index (κ2) is 7.74. The summed E-state index contributed by atoms with van der Waals surface area (Å²) in [4.78, 5) is 0. The second-order valence-electron chi connectivity index (χ2n) is 4.31. The van der Waals surface area contributed by atoms with E-state index in [0.717, 1.165) is 13.0 Å². The minimum Gasteiger partial charge on any atom is -0.312 e. The maximum atomic E-state index is 4.20. The van der Waals surface area contributed by atoms with Crippen molar-refractivity contribution < 1.29 is 0 Å². The van der Waals surface area contributed by atoms with Gasteiger partial charge in [-0.05, 0) is 44.8 Å². The Kier molecular flexibility index (Phi) is 6.57. The van der Waals surface area contributed by atoms with Crippen LogP contribution in [-0.4, -0.2) is 33.9 Å². The lowest BCUT2D eigenvalue weighted by Crippen LogP contribution is -2.35. The van der Waals surface area contributed by atoms with Crippen LogP contribution in [0.3, 0.4) is 0 Å². The van der Waals surface area contributed by atoms with Gasteiger partial charge in [0.05, 0.1) is 0 Å². The van der Waals surface area contributed by atoms with E-state index in [4.69, 9.17) is 0 Å². The topological polar surface area (TPSA) is 29.9 Å². The van der Waals surface area contributed by atoms with Crippen LogP contribution in [0.1, 0.15) is 26.7 Å². The van der Waals surface area contributed by atoms with Crippen LogP contribution in [0, 0.1) is 0 Å². The first-order chi connectivity index (χ1) is 7.72. The summed E-state index contributed by atoms with van der Waals surface area (Å²) in [5.41, 5.74) is 0.